The van der Waals surface area contributed by atoms with Gasteiger partial charge in [0.25, 0.3) is 0 Å². The van der Waals surface area contributed by atoms with E-state index in [0.717, 1.165) is 11.4 Å². The molecule has 1 aromatic rings. The number of ether oxygens (including phenoxy) is 1. The minimum Gasteiger partial charge on any atom is -0.481 e. The van der Waals surface area contributed by atoms with Crippen LogP contribution < -0.4 is 4.74 Å². The van der Waals surface area contributed by atoms with Gasteiger partial charge < -0.3 is 4.74 Å². The van der Waals surface area contributed by atoms with Gasteiger partial charge in [-0.25, -0.2) is 4.98 Å². The molecule has 0 aliphatic rings. The van der Waals surface area contributed by atoms with Gasteiger partial charge in [-0.3, -0.25) is 4.99 Å². The summed E-state index contributed by atoms with van der Waals surface area (Å²) in [5, 5.41) is 1.46. The smallest absolute Gasteiger partial charge is 0.213 e. The standard InChI is InChI=1S/C9H10N2OS/c1-7-8(10-5-6-13)3-4-9(11-7)12-2/h3-6H,1-2H3. The first-order valence-electron chi connectivity index (χ1n) is 3.77. The molecule has 1 heterocycles. The average molecular weight is 194 g/mol. The molecule has 0 unspecified atom stereocenters. The molecule has 0 atom stereocenters. The van der Waals surface area contributed by atoms with Crippen molar-refractivity contribution >= 4 is 29.5 Å². The highest BCUT2D eigenvalue weighted by molar-refractivity contribution is 7.80. The maximum Gasteiger partial charge on any atom is 0.213 e. The van der Waals surface area contributed by atoms with E-state index in [9.17, 15) is 0 Å². The number of nitrogens with zero attached hydrogens (tertiary/aromatic N) is 2. The van der Waals surface area contributed by atoms with Gasteiger partial charge in [-0.2, -0.15) is 0 Å². The molecular formula is C9H10N2OS. The van der Waals surface area contributed by atoms with Gasteiger partial charge in [0.05, 0.1) is 18.5 Å². The largest absolute Gasteiger partial charge is 0.481 e. The molecule has 0 saturated carbocycles. The SMILES string of the molecule is COc1ccc(N=CC=S)c(C)n1. The third kappa shape index (κ3) is 2.59. The number of aromatic nitrogens is 1. The molecule has 0 radical (unpaired) electrons. The van der Waals surface area contributed by atoms with Gasteiger partial charge in [-0.15, -0.1) is 0 Å². The van der Waals surface area contributed by atoms with E-state index in [0.29, 0.717) is 5.88 Å². The Morgan fingerprint density at radius 2 is 2.31 bits per heavy atom. The molecule has 0 saturated heterocycles. The second-order valence-corrected chi connectivity index (χ2v) is 2.64. The predicted octanol–water partition coefficient (Wildman–Crippen LogP) is 2.10. The van der Waals surface area contributed by atoms with E-state index < -0.39 is 0 Å². The second kappa shape index (κ2) is 4.67. The summed E-state index contributed by atoms with van der Waals surface area (Å²) in [4.78, 5) is 8.26. The van der Waals surface area contributed by atoms with Crippen LogP contribution in [0.2, 0.25) is 0 Å². The minimum atomic E-state index is 0.596. The normalized spacial score (nSPS) is 10.3. The summed E-state index contributed by atoms with van der Waals surface area (Å²) < 4.78 is 4.96. The van der Waals surface area contributed by atoms with Crippen LogP contribution >= 0.6 is 12.2 Å². The van der Waals surface area contributed by atoms with E-state index in [2.05, 4.69) is 22.2 Å². The van der Waals surface area contributed by atoms with Crippen molar-refractivity contribution < 1.29 is 4.74 Å². The van der Waals surface area contributed by atoms with Crippen molar-refractivity contribution in [1.29, 1.82) is 0 Å². The molecule has 0 aliphatic heterocycles. The molecule has 0 N–H and O–H groups in total. The van der Waals surface area contributed by atoms with Crippen LogP contribution in [0.3, 0.4) is 0 Å². The summed E-state index contributed by atoms with van der Waals surface area (Å²) in [5.41, 5.74) is 1.63. The van der Waals surface area contributed by atoms with Crippen molar-refractivity contribution in [2.24, 2.45) is 4.99 Å². The first-order valence-corrected chi connectivity index (χ1v) is 4.24. The minimum absolute atomic E-state index is 0.596. The Morgan fingerprint density at radius 1 is 1.54 bits per heavy atom. The van der Waals surface area contributed by atoms with Crippen LogP contribution in [-0.2, 0) is 0 Å². The number of aliphatic imine (C=N–C) groups is 1. The maximum atomic E-state index is 4.96. The first-order chi connectivity index (χ1) is 6.27. The summed E-state index contributed by atoms with van der Waals surface area (Å²) in [6.45, 7) is 1.87. The summed E-state index contributed by atoms with van der Waals surface area (Å²) in [7, 11) is 1.59. The first kappa shape index (κ1) is 9.80. The van der Waals surface area contributed by atoms with E-state index in [1.165, 1.54) is 5.37 Å². The van der Waals surface area contributed by atoms with Crippen molar-refractivity contribution in [3.63, 3.8) is 0 Å². The Bertz CT molecular complexity index is 336. The van der Waals surface area contributed by atoms with Gasteiger partial charge in [-0.1, -0.05) is 12.2 Å². The number of methoxy groups -OCH3 is 1. The number of hydrogen-bond donors (Lipinski definition) is 0. The fourth-order valence-corrected chi connectivity index (χ4v) is 0.952. The Hall–Kier alpha value is -1.29. The van der Waals surface area contributed by atoms with Crippen LogP contribution in [0.4, 0.5) is 5.69 Å². The third-order valence-corrected chi connectivity index (χ3v) is 1.64. The van der Waals surface area contributed by atoms with E-state index in [4.69, 9.17) is 4.74 Å². The summed E-state index contributed by atoms with van der Waals surface area (Å²) >= 11 is 4.62. The molecule has 4 heteroatoms. The molecule has 0 spiro atoms. The molecule has 0 aromatic carbocycles. The van der Waals surface area contributed by atoms with Crippen molar-refractivity contribution in [1.82, 2.24) is 4.98 Å². The Balaban J connectivity index is 2.98. The summed E-state index contributed by atoms with van der Waals surface area (Å²) in [6.07, 6.45) is 1.56. The highest BCUT2D eigenvalue weighted by Crippen LogP contribution is 2.18. The predicted molar refractivity (Wildman–Crippen MR) is 57.3 cm³/mol. The van der Waals surface area contributed by atoms with Crippen LogP contribution in [0.15, 0.2) is 17.1 Å². The van der Waals surface area contributed by atoms with Crippen LogP contribution in [0.1, 0.15) is 5.69 Å². The van der Waals surface area contributed by atoms with E-state index >= 15 is 0 Å². The fraction of sp³-hybridized carbons (Fsp3) is 0.222. The molecule has 3 nitrogen and oxygen atoms in total. The zero-order valence-electron chi connectivity index (χ0n) is 7.52. The van der Waals surface area contributed by atoms with E-state index in [1.807, 2.05) is 13.0 Å². The molecular weight excluding hydrogens is 184 g/mol. The number of pyridine rings is 1. The van der Waals surface area contributed by atoms with Crippen molar-refractivity contribution in [2.75, 3.05) is 7.11 Å². The Kier molecular flexibility index (Phi) is 3.52. The van der Waals surface area contributed by atoms with E-state index in [1.54, 1.807) is 19.4 Å². The lowest BCUT2D eigenvalue weighted by Gasteiger charge is -2.01. The van der Waals surface area contributed by atoms with Gasteiger partial charge in [0.1, 0.15) is 0 Å². The van der Waals surface area contributed by atoms with Gasteiger partial charge in [0.15, 0.2) is 0 Å². The second-order valence-electron chi connectivity index (χ2n) is 2.37. The van der Waals surface area contributed by atoms with Crippen molar-refractivity contribution in [3.05, 3.63) is 17.8 Å². The Labute approximate surface area is 82.5 Å². The quantitative estimate of drug-likeness (QED) is 0.546. The molecule has 0 aliphatic carbocycles. The number of rotatable bonds is 3. The zero-order valence-corrected chi connectivity index (χ0v) is 8.34. The number of aryl methyl sites for hydroxylation is 1. The van der Waals surface area contributed by atoms with Crippen LogP contribution in [0, 0.1) is 6.92 Å². The lowest BCUT2D eigenvalue weighted by Crippen LogP contribution is -1.89. The number of thiocarbonyl (C=S) groups is 1. The zero-order chi connectivity index (χ0) is 9.68. The van der Waals surface area contributed by atoms with Crippen LogP contribution in [0.5, 0.6) is 5.88 Å². The molecule has 68 valence electrons. The molecule has 13 heavy (non-hydrogen) atoms. The average Bonchev–Trinajstić information content (AvgIpc) is 2.16. The van der Waals surface area contributed by atoms with Gasteiger partial charge in [0.2, 0.25) is 5.88 Å². The van der Waals surface area contributed by atoms with Crippen LogP contribution in [0.25, 0.3) is 0 Å². The fourth-order valence-electron chi connectivity index (χ4n) is 0.892. The molecule has 0 fully saturated rings. The highest BCUT2D eigenvalue weighted by Gasteiger charge is 1.98. The number of hydrogen-bond acceptors (Lipinski definition) is 4. The lowest BCUT2D eigenvalue weighted by atomic mass is 10.3. The highest BCUT2D eigenvalue weighted by atomic mass is 32.1. The molecule has 0 amide bonds. The maximum absolute atomic E-state index is 4.96. The monoisotopic (exact) mass is 194 g/mol. The third-order valence-electron chi connectivity index (χ3n) is 1.52. The molecule has 0 bridgehead atoms. The topological polar surface area (TPSA) is 34.5 Å². The lowest BCUT2D eigenvalue weighted by molar-refractivity contribution is 0.397. The van der Waals surface area contributed by atoms with Gasteiger partial charge >= 0.3 is 0 Å². The van der Waals surface area contributed by atoms with E-state index in [-0.39, 0.29) is 0 Å². The summed E-state index contributed by atoms with van der Waals surface area (Å²) in [6, 6.07) is 3.61. The molecule has 1 rings (SSSR count). The Morgan fingerprint density at radius 3 is 2.85 bits per heavy atom. The summed E-state index contributed by atoms with van der Waals surface area (Å²) in [5.74, 6) is 0.596. The van der Waals surface area contributed by atoms with Gasteiger partial charge in [0, 0.05) is 17.6 Å². The van der Waals surface area contributed by atoms with Gasteiger partial charge in [-0.05, 0) is 13.0 Å². The molecule has 1 aromatic heterocycles. The van der Waals surface area contributed by atoms with Crippen molar-refractivity contribution in [3.8, 4) is 5.88 Å². The van der Waals surface area contributed by atoms with Crippen LogP contribution in [-0.4, -0.2) is 23.7 Å². The van der Waals surface area contributed by atoms with Crippen molar-refractivity contribution in [2.45, 2.75) is 6.92 Å².